The molecule has 4 heteroatoms. The summed E-state index contributed by atoms with van der Waals surface area (Å²) in [6.07, 6.45) is 1.79. The first-order valence-electron chi connectivity index (χ1n) is 7.41. The molecule has 0 unspecified atom stereocenters. The minimum Gasteiger partial charge on any atom is -0.358 e. The van der Waals surface area contributed by atoms with Gasteiger partial charge in [0.2, 0.25) is 0 Å². The Hall–Kier alpha value is -2.62. The number of hydrogen-bond acceptors (Lipinski definition) is 1. The normalized spacial score (nSPS) is 14.5. The lowest BCUT2D eigenvalue weighted by Crippen LogP contribution is -2.22. The standard InChI is InChI=1S/C18H15FN2O/c19-13-4-1-3-11(9-13)12-6-7-15-14(10-12)17-16(21-15)5-2-8-20-18(17)22/h1,3-4,6-7,9-10,21H,2,5,8H2,(H,20,22). The van der Waals surface area contributed by atoms with Crippen molar-refractivity contribution in [1.29, 1.82) is 0 Å². The number of aromatic nitrogens is 1. The van der Waals surface area contributed by atoms with E-state index in [2.05, 4.69) is 10.3 Å². The quantitative estimate of drug-likeness (QED) is 0.707. The lowest BCUT2D eigenvalue weighted by molar-refractivity contribution is 0.0957. The molecule has 0 saturated carbocycles. The van der Waals surface area contributed by atoms with Gasteiger partial charge in [-0.15, -0.1) is 0 Å². The molecule has 0 atom stereocenters. The molecule has 0 fully saturated rings. The molecule has 0 radical (unpaired) electrons. The fraction of sp³-hybridized carbons (Fsp3) is 0.167. The number of H-pyrrole nitrogens is 1. The Bertz CT molecular complexity index is 882. The van der Waals surface area contributed by atoms with Crippen molar-refractivity contribution in [3.05, 3.63) is 59.5 Å². The van der Waals surface area contributed by atoms with Crippen LogP contribution in [-0.2, 0) is 6.42 Å². The lowest BCUT2D eigenvalue weighted by atomic mass is 10.0. The van der Waals surface area contributed by atoms with E-state index in [-0.39, 0.29) is 11.7 Å². The number of halogens is 1. The Labute approximate surface area is 127 Å². The van der Waals surface area contributed by atoms with Crippen LogP contribution in [0, 0.1) is 5.82 Å². The summed E-state index contributed by atoms with van der Waals surface area (Å²) in [6, 6.07) is 12.4. The zero-order valence-electron chi connectivity index (χ0n) is 11.9. The lowest BCUT2D eigenvalue weighted by Gasteiger charge is -2.04. The van der Waals surface area contributed by atoms with E-state index >= 15 is 0 Å². The summed E-state index contributed by atoms with van der Waals surface area (Å²) in [6.45, 7) is 0.701. The van der Waals surface area contributed by atoms with Crippen molar-refractivity contribution in [3.8, 4) is 11.1 Å². The number of benzene rings is 2. The van der Waals surface area contributed by atoms with Crippen LogP contribution in [0.4, 0.5) is 4.39 Å². The molecule has 2 heterocycles. The molecule has 2 aromatic carbocycles. The molecule has 3 aromatic rings. The maximum atomic E-state index is 13.4. The van der Waals surface area contributed by atoms with Crippen LogP contribution in [-0.4, -0.2) is 17.4 Å². The number of amides is 1. The minimum absolute atomic E-state index is 0.0323. The number of fused-ring (bicyclic) bond motifs is 3. The highest BCUT2D eigenvalue weighted by atomic mass is 19.1. The summed E-state index contributed by atoms with van der Waals surface area (Å²) in [5, 5.41) is 3.83. The van der Waals surface area contributed by atoms with Gasteiger partial charge in [-0.3, -0.25) is 4.79 Å². The van der Waals surface area contributed by atoms with Gasteiger partial charge in [-0.25, -0.2) is 4.39 Å². The molecule has 22 heavy (non-hydrogen) atoms. The Morgan fingerprint density at radius 2 is 1.91 bits per heavy atom. The summed E-state index contributed by atoms with van der Waals surface area (Å²) in [4.78, 5) is 15.6. The summed E-state index contributed by atoms with van der Waals surface area (Å²) >= 11 is 0. The predicted molar refractivity (Wildman–Crippen MR) is 84.3 cm³/mol. The van der Waals surface area contributed by atoms with Gasteiger partial charge in [0.15, 0.2) is 0 Å². The Kier molecular flexibility index (Phi) is 2.96. The fourth-order valence-corrected chi connectivity index (χ4v) is 3.10. The largest absolute Gasteiger partial charge is 0.358 e. The highest BCUT2D eigenvalue weighted by Crippen LogP contribution is 2.30. The van der Waals surface area contributed by atoms with Crippen LogP contribution in [0.3, 0.4) is 0 Å². The van der Waals surface area contributed by atoms with Crippen LogP contribution in [0.25, 0.3) is 22.0 Å². The molecule has 0 aliphatic carbocycles. The molecule has 110 valence electrons. The van der Waals surface area contributed by atoms with Crippen molar-refractivity contribution in [3.63, 3.8) is 0 Å². The Morgan fingerprint density at radius 1 is 1.05 bits per heavy atom. The second-order valence-electron chi connectivity index (χ2n) is 5.61. The van der Waals surface area contributed by atoms with Gasteiger partial charge in [0.1, 0.15) is 5.82 Å². The molecular weight excluding hydrogens is 279 g/mol. The van der Waals surface area contributed by atoms with Crippen LogP contribution >= 0.6 is 0 Å². The van der Waals surface area contributed by atoms with E-state index in [1.54, 1.807) is 6.07 Å². The van der Waals surface area contributed by atoms with Crippen molar-refractivity contribution >= 4 is 16.8 Å². The Balaban J connectivity index is 1.92. The molecule has 2 N–H and O–H groups in total. The average molecular weight is 294 g/mol. The number of carbonyl (C=O) groups is 1. The molecule has 0 saturated heterocycles. The van der Waals surface area contributed by atoms with Gasteiger partial charge in [-0.05, 0) is 48.2 Å². The van der Waals surface area contributed by atoms with Gasteiger partial charge in [0.25, 0.3) is 5.91 Å². The second-order valence-corrected chi connectivity index (χ2v) is 5.61. The SMILES string of the molecule is O=C1NCCCc2[nH]c3ccc(-c4cccc(F)c4)cc3c21. The second kappa shape index (κ2) is 4.98. The van der Waals surface area contributed by atoms with Gasteiger partial charge in [0, 0.05) is 23.1 Å². The molecule has 0 bridgehead atoms. The van der Waals surface area contributed by atoms with E-state index in [1.165, 1.54) is 12.1 Å². The van der Waals surface area contributed by atoms with Crippen LogP contribution in [0.2, 0.25) is 0 Å². The maximum absolute atomic E-state index is 13.4. The van der Waals surface area contributed by atoms with Gasteiger partial charge in [-0.1, -0.05) is 18.2 Å². The number of aryl methyl sites for hydroxylation is 1. The number of rotatable bonds is 1. The first-order valence-corrected chi connectivity index (χ1v) is 7.41. The number of nitrogens with one attached hydrogen (secondary N) is 2. The molecule has 0 spiro atoms. The molecule has 4 rings (SSSR count). The maximum Gasteiger partial charge on any atom is 0.253 e. The number of aromatic amines is 1. The highest BCUT2D eigenvalue weighted by molar-refractivity contribution is 6.09. The molecule has 1 aromatic heterocycles. The predicted octanol–water partition coefficient (Wildman–Crippen LogP) is 3.65. The number of hydrogen-bond donors (Lipinski definition) is 2. The van der Waals surface area contributed by atoms with E-state index in [9.17, 15) is 9.18 Å². The summed E-state index contributed by atoms with van der Waals surface area (Å²) in [7, 11) is 0. The monoisotopic (exact) mass is 294 g/mol. The third-order valence-corrected chi connectivity index (χ3v) is 4.15. The third kappa shape index (κ3) is 2.08. The third-order valence-electron chi connectivity index (χ3n) is 4.15. The van der Waals surface area contributed by atoms with E-state index in [0.29, 0.717) is 6.54 Å². The van der Waals surface area contributed by atoms with Crippen molar-refractivity contribution < 1.29 is 9.18 Å². The van der Waals surface area contributed by atoms with Crippen LogP contribution in [0.1, 0.15) is 22.5 Å². The van der Waals surface area contributed by atoms with E-state index in [4.69, 9.17) is 0 Å². The number of carbonyl (C=O) groups excluding carboxylic acids is 1. The van der Waals surface area contributed by atoms with Crippen molar-refractivity contribution in [1.82, 2.24) is 10.3 Å². The summed E-state index contributed by atoms with van der Waals surface area (Å²) in [5.74, 6) is -0.293. The zero-order chi connectivity index (χ0) is 15.1. The zero-order valence-corrected chi connectivity index (χ0v) is 11.9. The van der Waals surface area contributed by atoms with Crippen LogP contribution in [0.5, 0.6) is 0 Å². The first-order chi connectivity index (χ1) is 10.7. The first kappa shape index (κ1) is 13.1. The van der Waals surface area contributed by atoms with Crippen LogP contribution in [0.15, 0.2) is 42.5 Å². The fourth-order valence-electron chi connectivity index (χ4n) is 3.10. The molecule has 3 nitrogen and oxygen atoms in total. The highest BCUT2D eigenvalue weighted by Gasteiger charge is 2.20. The summed E-state index contributed by atoms with van der Waals surface area (Å²) < 4.78 is 13.4. The summed E-state index contributed by atoms with van der Waals surface area (Å²) in [5.41, 5.74) is 4.38. The minimum atomic E-state index is -0.261. The molecule has 1 aliphatic heterocycles. The van der Waals surface area contributed by atoms with E-state index < -0.39 is 0 Å². The van der Waals surface area contributed by atoms with Gasteiger partial charge in [-0.2, -0.15) is 0 Å². The molecule has 1 amide bonds. The molecular formula is C18H15FN2O. The Morgan fingerprint density at radius 3 is 2.77 bits per heavy atom. The molecule has 1 aliphatic rings. The van der Waals surface area contributed by atoms with Gasteiger partial charge in [0.05, 0.1) is 5.56 Å². The van der Waals surface area contributed by atoms with Crippen molar-refractivity contribution in [2.24, 2.45) is 0 Å². The van der Waals surface area contributed by atoms with Crippen molar-refractivity contribution in [2.45, 2.75) is 12.8 Å². The van der Waals surface area contributed by atoms with Crippen molar-refractivity contribution in [2.75, 3.05) is 6.54 Å². The topological polar surface area (TPSA) is 44.9 Å². The average Bonchev–Trinajstić information content (AvgIpc) is 2.78. The van der Waals surface area contributed by atoms with Crippen LogP contribution < -0.4 is 5.32 Å². The van der Waals surface area contributed by atoms with E-state index in [1.807, 2.05) is 24.3 Å². The van der Waals surface area contributed by atoms with E-state index in [0.717, 1.165) is 46.1 Å². The van der Waals surface area contributed by atoms with Gasteiger partial charge < -0.3 is 10.3 Å². The van der Waals surface area contributed by atoms with Gasteiger partial charge >= 0.3 is 0 Å². The smallest absolute Gasteiger partial charge is 0.253 e.